The highest BCUT2D eigenvalue weighted by Crippen LogP contribution is 2.25. The van der Waals surface area contributed by atoms with E-state index in [1.54, 1.807) is 35.5 Å². The first-order valence-electron chi connectivity index (χ1n) is 7.69. The Morgan fingerprint density at radius 3 is 2.75 bits per heavy atom. The second kappa shape index (κ2) is 7.73. The topological polar surface area (TPSA) is 54.5 Å². The smallest absolute Gasteiger partial charge is 0.321 e. The van der Waals surface area contributed by atoms with Crippen molar-refractivity contribution in [3.8, 4) is 5.75 Å². The van der Waals surface area contributed by atoms with Crippen molar-refractivity contribution < 1.29 is 9.53 Å². The van der Waals surface area contributed by atoms with E-state index in [-0.39, 0.29) is 12.1 Å². The van der Waals surface area contributed by atoms with Crippen LogP contribution >= 0.6 is 23.2 Å². The standard InChI is InChI=1S/C17H17Cl2N3O2/c18-15-4-3-12(10-16(15)19)21-17(23)22-9-1-2-14(11-22)24-13-5-7-20-8-6-13/h3-8,10,14H,1-2,9,11H2,(H,21,23). The molecule has 0 spiro atoms. The van der Waals surface area contributed by atoms with Gasteiger partial charge in [0.25, 0.3) is 0 Å². The number of nitrogens with zero attached hydrogens (tertiary/aromatic N) is 2. The predicted octanol–water partition coefficient (Wildman–Crippen LogP) is 4.46. The molecule has 1 aromatic heterocycles. The number of pyridine rings is 1. The minimum absolute atomic E-state index is 0.0271. The number of halogens is 2. The third-order valence-electron chi connectivity index (χ3n) is 3.79. The van der Waals surface area contributed by atoms with Crippen LogP contribution in [-0.4, -0.2) is 35.1 Å². The molecule has 5 nitrogen and oxygen atoms in total. The Hall–Kier alpha value is -1.98. The van der Waals surface area contributed by atoms with Crippen molar-refractivity contribution in [3.05, 3.63) is 52.8 Å². The van der Waals surface area contributed by atoms with Gasteiger partial charge in [-0.1, -0.05) is 23.2 Å². The van der Waals surface area contributed by atoms with Gasteiger partial charge in [-0.15, -0.1) is 0 Å². The lowest BCUT2D eigenvalue weighted by Crippen LogP contribution is -2.46. The van der Waals surface area contributed by atoms with E-state index in [2.05, 4.69) is 10.3 Å². The number of ether oxygens (including phenoxy) is 1. The first-order valence-corrected chi connectivity index (χ1v) is 8.45. The predicted molar refractivity (Wildman–Crippen MR) is 94.9 cm³/mol. The number of rotatable bonds is 3. The SMILES string of the molecule is O=C(Nc1ccc(Cl)c(Cl)c1)N1CCCC(Oc2ccncc2)C1. The number of carbonyl (C=O) groups is 1. The van der Waals surface area contributed by atoms with Crippen molar-refractivity contribution in [1.82, 2.24) is 9.88 Å². The van der Waals surface area contributed by atoms with Crippen LogP contribution in [0.25, 0.3) is 0 Å². The van der Waals surface area contributed by atoms with E-state index < -0.39 is 0 Å². The Bertz CT molecular complexity index is 712. The van der Waals surface area contributed by atoms with Crippen LogP contribution in [0.15, 0.2) is 42.7 Å². The van der Waals surface area contributed by atoms with Crippen LogP contribution in [0.5, 0.6) is 5.75 Å². The molecule has 1 fully saturated rings. The number of anilines is 1. The molecule has 1 unspecified atom stereocenters. The molecule has 0 bridgehead atoms. The number of likely N-dealkylation sites (tertiary alicyclic amines) is 1. The van der Waals surface area contributed by atoms with Crippen LogP contribution in [0.1, 0.15) is 12.8 Å². The highest BCUT2D eigenvalue weighted by Gasteiger charge is 2.25. The number of piperidine rings is 1. The molecular weight excluding hydrogens is 349 g/mol. The molecule has 2 aromatic rings. The summed E-state index contributed by atoms with van der Waals surface area (Å²) in [5, 5.41) is 3.71. The molecular formula is C17H17Cl2N3O2. The molecule has 126 valence electrons. The zero-order chi connectivity index (χ0) is 16.9. The molecule has 2 heterocycles. The van der Waals surface area contributed by atoms with Crippen molar-refractivity contribution in [2.45, 2.75) is 18.9 Å². The summed E-state index contributed by atoms with van der Waals surface area (Å²) in [6.45, 7) is 1.23. The molecule has 2 amide bonds. The third kappa shape index (κ3) is 4.30. The summed E-state index contributed by atoms with van der Waals surface area (Å²) in [6.07, 6.45) is 5.16. The quantitative estimate of drug-likeness (QED) is 0.873. The maximum Gasteiger partial charge on any atom is 0.321 e. The van der Waals surface area contributed by atoms with Crippen LogP contribution in [0.3, 0.4) is 0 Å². The Balaban J connectivity index is 1.59. The molecule has 1 saturated heterocycles. The van der Waals surface area contributed by atoms with E-state index in [0.29, 0.717) is 28.8 Å². The molecule has 1 aliphatic heterocycles. The summed E-state index contributed by atoms with van der Waals surface area (Å²) in [6, 6.07) is 8.48. The molecule has 0 radical (unpaired) electrons. The van der Waals surface area contributed by atoms with E-state index in [1.165, 1.54) is 0 Å². The van der Waals surface area contributed by atoms with Gasteiger partial charge in [0.2, 0.25) is 0 Å². The number of hydrogen-bond donors (Lipinski definition) is 1. The van der Waals surface area contributed by atoms with Crippen molar-refractivity contribution in [3.63, 3.8) is 0 Å². The average molecular weight is 366 g/mol. The van der Waals surface area contributed by atoms with Gasteiger partial charge in [0.1, 0.15) is 11.9 Å². The minimum atomic E-state index is -0.170. The second-order valence-corrected chi connectivity index (χ2v) is 6.38. The highest BCUT2D eigenvalue weighted by molar-refractivity contribution is 6.42. The van der Waals surface area contributed by atoms with Gasteiger partial charge >= 0.3 is 6.03 Å². The molecule has 24 heavy (non-hydrogen) atoms. The lowest BCUT2D eigenvalue weighted by atomic mass is 10.1. The van der Waals surface area contributed by atoms with Crippen LogP contribution in [0.4, 0.5) is 10.5 Å². The first kappa shape index (κ1) is 16.9. The van der Waals surface area contributed by atoms with Crippen molar-refractivity contribution in [1.29, 1.82) is 0 Å². The third-order valence-corrected chi connectivity index (χ3v) is 4.53. The summed E-state index contributed by atoms with van der Waals surface area (Å²) in [4.78, 5) is 18.1. The monoisotopic (exact) mass is 365 g/mol. The van der Waals surface area contributed by atoms with Gasteiger partial charge in [0, 0.05) is 24.6 Å². The normalized spacial score (nSPS) is 17.4. The lowest BCUT2D eigenvalue weighted by molar-refractivity contribution is 0.106. The number of aromatic nitrogens is 1. The van der Waals surface area contributed by atoms with Crippen LogP contribution in [-0.2, 0) is 0 Å². The Morgan fingerprint density at radius 2 is 2.00 bits per heavy atom. The van der Waals surface area contributed by atoms with E-state index in [1.807, 2.05) is 12.1 Å². The molecule has 1 N–H and O–H groups in total. The van der Waals surface area contributed by atoms with Crippen LogP contribution in [0, 0.1) is 0 Å². The summed E-state index contributed by atoms with van der Waals surface area (Å²) in [5.74, 6) is 0.766. The van der Waals surface area contributed by atoms with Gasteiger partial charge in [0.05, 0.1) is 16.6 Å². The van der Waals surface area contributed by atoms with Gasteiger partial charge in [-0.25, -0.2) is 4.79 Å². The Morgan fingerprint density at radius 1 is 1.21 bits per heavy atom. The largest absolute Gasteiger partial charge is 0.488 e. The number of hydrogen-bond acceptors (Lipinski definition) is 3. The lowest BCUT2D eigenvalue weighted by Gasteiger charge is -2.32. The zero-order valence-corrected chi connectivity index (χ0v) is 14.4. The van der Waals surface area contributed by atoms with E-state index in [4.69, 9.17) is 27.9 Å². The van der Waals surface area contributed by atoms with Crippen molar-refractivity contribution in [2.75, 3.05) is 18.4 Å². The maximum atomic E-state index is 12.4. The zero-order valence-electron chi connectivity index (χ0n) is 12.9. The number of nitrogens with one attached hydrogen (secondary N) is 1. The Kier molecular flexibility index (Phi) is 5.43. The number of urea groups is 1. The van der Waals surface area contributed by atoms with Crippen LogP contribution < -0.4 is 10.1 Å². The maximum absolute atomic E-state index is 12.4. The van der Waals surface area contributed by atoms with Gasteiger partial charge < -0.3 is 15.0 Å². The highest BCUT2D eigenvalue weighted by atomic mass is 35.5. The number of amides is 2. The fourth-order valence-electron chi connectivity index (χ4n) is 2.60. The van der Waals surface area contributed by atoms with Gasteiger partial charge in [-0.2, -0.15) is 0 Å². The fourth-order valence-corrected chi connectivity index (χ4v) is 2.90. The molecule has 1 aliphatic rings. The summed E-state index contributed by atoms with van der Waals surface area (Å²) < 4.78 is 5.92. The Labute approximate surface area is 150 Å². The number of carbonyl (C=O) groups excluding carboxylic acids is 1. The van der Waals surface area contributed by atoms with Crippen molar-refractivity contribution >= 4 is 34.9 Å². The minimum Gasteiger partial charge on any atom is -0.488 e. The van der Waals surface area contributed by atoms with Gasteiger partial charge in [-0.05, 0) is 43.2 Å². The van der Waals surface area contributed by atoms with Crippen molar-refractivity contribution in [2.24, 2.45) is 0 Å². The van der Waals surface area contributed by atoms with E-state index in [0.717, 1.165) is 18.6 Å². The molecule has 7 heteroatoms. The van der Waals surface area contributed by atoms with E-state index in [9.17, 15) is 4.79 Å². The fraction of sp³-hybridized carbons (Fsp3) is 0.294. The first-order chi connectivity index (χ1) is 11.6. The molecule has 0 aliphatic carbocycles. The average Bonchev–Trinajstić information content (AvgIpc) is 2.59. The summed E-state index contributed by atoms with van der Waals surface area (Å²) >= 11 is 11.9. The second-order valence-electron chi connectivity index (χ2n) is 5.57. The summed E-state index contributed by atoms with van der Waals surface area (Å²) in [7, 11) is 0. The van der Waals surface area contributed by atoms with Crippen LogP contribution in [0.2, 0.25) is 10.0 Å². The molecule has 0 saturated carbocycles. The van der Waals surface area contributed by atoms with Gasteiger partial charge in [-0.3, -0.25) is 4.98 Å². The summed E-state index contributed by atoms with van der Waals surface area (Å²) in [5.41, 5.74) is 0.617. The number of benzene rings is 1. The molecule has 1 atom stereocenters. The molecule has 3 rings (SSSR count). The van der Waals surface area contributed by atoms with E-state index >= 15 is 0 Å². The van der Waals surface area contributed by atoms with Gasteiger partial charge in [0.15, 0.2) is 0 Å². The molecule has 1 aromatic carbocycles.